The second-order valence-electron chi connectivity index (χ2n) is 5.74. The van der Waals surface area contributed by atoms with Gasteiger partial charge in [-0.3, -0.25) is 4.79 Å². The molecule has 0 unspecified atom stereocenters. The van der Waals surface area contributed by atoms with E-state index in [0.29, 0.717) is 35.9 Å². The summed E-state index contributed by atoms with van der Waals surface area (Å²) in [6.45, 7) is 0.712. The Bertz CT molecular complexity index is 938. The van der Waals surface area contributed by atoms with E-state index in [0.717, 1.165) is 11.9 Å². The Hall–Kier alpha value is -3.09. The van der Waals surface area contributed by atoms with Gasteiger partial charge in [-0.05, 0) is 30.3 Å². The van der Waals surface area contributed by atoms with Crippen molar-refractivity contribution in [2.45, 2.75) is 13.0 Å². The van der Waals surface area contributed by atoms with Crippen LogP contribution in [-0.2, 0) is 13.0 Å². The highest BCUT2D eigenvalue weighted by Crippen LogP contribution is 2.26. The fraction of sp³-hybridized carbons (Fsp3) is 0.167. The Morgan fingerprint density at radius 2 is 2.04 bits per heavy atom. The molecule has 0 radical (unpaired) electrons. The first kappa shape index (κ1) is 15.4. The van der Waals surface area contributed by atoms with Crippen molar-refractivity contribution in [1.82, 2.24) is 14.9 Å². The summed E-state index contributed by atoms with van der Waals surface area (Å²) in [6.07, 6.45) is 1.62. The number of carbonyl (C=O) groups is 1. The van der Waals surface area contributed by atoms with Crippen LogP contribution in [0.5, 0.6) is 0 Å². The first-order valence-corrected chi connectivity index (χ1v) is 7.75. The van der Waals surface area contributed by atoms with Crippen molar-refractivity contribution in [2.75, 3.05) is 6.54 Å². The van der Waals surface area contributed by atoms with Gasteiger partial charge in [-0.2, -0.15) is 0 Å². The van der Waals surface area contributed by atoms with Gasteiger partial charge >= 0.3 is 0 Å². The molecule has 0 N–H and O–H groups in total. The number of rotatable bonds is 2. The van der Waals surface area contributed by atoms with Crippen LogP contribution in [0.25, 0.3) is 11.6 Å². The Kier molecular flexibility index (Phi) is 3.76. The Labute approximate surface area is 141 Å². The third-order valence-corrected chi connectivity index (χ3v) is 4.04. The molecule has 1 aliphatic heterocycles. The van der Waals surface area contributed by atoms with Crippen LogP contribution in [0.15, 0.2) is 47.0 Å². The maximum Gasteiger partial charge on any atom is 0.254 e. The second-order valence-corrected chi connectivity index (χ2v) is 5.74. The summed E-state index contributed by atoms with van der Waals surface area (Å²) >= 11 is 0. The van der Waals surface area contributed by atoms with Crippen LogP contribution >= 0.6 is 0 Å². The lowest BCUT2D eigenvalue weighted by Gasteiger charge is -2.25. The minimum absolute atomic E-state index is 0.249. The number of pyridine rings is 1. The van der Waals surface area contributed by atoms with Gasteiger partial charge in [0.2, 0.25) is 5.89 Å². The van der Waals surface area contributed by atoms with Crippen LogP contribution in [-0.4, -0.2) is 27.3 Å². The highest BCUT2D eigenvalue weighted by atomic mass is 19.1. The first-order chi connectivity index (χ1) is 12.1. The monoisotopic (exact) mass is 341 g/mol. The van der Waals surface area contributed by atoms with Crippen molar-refractivity contribution >= 4 is 5.91 Å². The van der Waals surface area contributed by atoms with Gasteiger partial charge in [-0.25, -0.2) is 18.7 Å². The minimum Gasteiger partial charge on any atom is -0.438 e. The summed E-state index contributed by atoms with van der Waals surface area (Å²) in [4.78, 5) is 22.4. The van der Waals surface area contributed by atoms with Crippen molar-refractivity contribution < 1.29 is 18.0 Å². The van der Waals surface area contributed by atoms with Gasteiger partial charge in [-0.1, -0.05) is 6.07 Å². The molecule has 2 aromatic heterocycles. The maximum atomic E-state index is 13.3. The third kappa shape index (κ3) is 3.00. The zero-order chi connectivity index (χ0) is 17.4. The SMILES string of the molecule is O=C(c1cccc(F)c1)N1CCc2nc(-c3ccc(F)cn3)oc2C1. The standard InChI is InChI=1S/C18H13F2N3O2/c19-12-3-1-2-11(8-12)18(24)23-7-6-14-16(10-23)25-17(22-14)15-5-4-13(20)9-21-15/h1-5,8-9H,6-7,10H2. The summed E-state index contributed by atoms with van der Waals surface area (Å²) < 4.78 is 32.0. The van der Waals surface area contributed by atoms with E-state index in [1.165, 1.54) is 30.3 Å². The van der Waals surface area contributed by atoms with Gasteiger partial charge in [0.1, 0.15) is 23.1 Å². The zero-order valence-electron chi connectivity index (χ0n) is 13.1. The number of oxazole rings is 1. The number of hydrogen-bond acceptors (Lipinski definition) is 4. The van der Waals surface area contributed by atoms with E-state index in [-0.39, 0.29) is 12.5 Å². The summed E-state index contributed by atoms with van der Waals surface area (Å²) in [5.74, 6) is -0.287. The van der Waals surface area contributed by atoms with E-state index in [1.54, 1.807) is 11.0 Å². The number of nitrogens with zero attached hydrogens (tertiary/aromatic N) is 3. The second kappa shape index (κ2) is 6.08. The van der Waals surface area contributed by atoms with E-state index in [1.807, 2.05) is 0 Å². The number of hydrogen-bond donors (Lipinski definition) is 0. The molecule has 0 fully saturated rings. The summed E-state index contributed by atoms with van der Waals surface area (Å²) in [5.41, 5.74) is 1.48. The number of aromatic nitrogens is 2. The number of halogens is 2. The molecule has 7 heteroatoms. The largest absolute Gasteiger partial charge is 0.438 e. The lowest BCUT2D eigenvalue weighted by atomic mass is 10.1. The highest BCUT2D eigenvalue weighted by Gasteiger charge is 2.27. The summed E-state index contributed by atoms with van der Waals surface area (Å²) in [6, 6.07) is 8.36. The molecule has 1 amide bonds. The number of carbonyl (C=O) groups excluding carboxylic acids is 1. The molecule has 1 aliphatic rings. The molecule has 25 heavy (non-hydrogen) atoms. The quantitative estimate of drug-likeness (QED) is 0.718. The molecule has 1 aromatic carbocycles. The topological polar surface area (TPSA) is 59.2 Å². The molecule has 5 nitrogen and oxygen atoms in total. The van der Waals surface area contributed by atoms with E-state index in [2.05, 4.69) is 9.97 Å². The fourth-order valence-corrected chi connectivity index (χ4v) is 2.78. The van der Waals surface area contributed by atoms with Crippen molar-refractivity contribution in [1.29, 1.82) is 0 Å². The van der Waals surface area contributed by atoms with Crippen molar-refractivity contribution in [3.05, 3.63) is 71.2 Å². The summed E-state index contributed by atoms with van der Waals surface area (Å²) in [7, 11) is 0. The molecule has 3 aromatic rings. The Morgan fingerprint density at radius 1 is 1.16 bits per heavy atom. The molecule has 0 atom stereocenters. The van der Waals surface area contributed by atoms with Crippen LogP contribution < -0.4 is 0 Å². The average Bonchev–Trinajstić information content (AvgIpc) is 3.05. The maximum absolute atomic E-state index is 13.3. The lowest BCUT2D eigenvalue weighted by molar-refractivity contribution is 0.0719. The van der Waals surface area contributed by atoms with Crippen LogP contribution in [0.4, 0.5) is 8.78 Å². The average molecular weight is 341 g/mol. The van der Waals surface area contributed by atoms with Gasteiger partial charge in [0.15, 0.2) is 0 Å². The zero-order valence-corrected chi connectivity index (χ0v) is 13.1. The molecular weight excluding hydrogens is 328 g/mol. The normalized spacial score (nSPS) is 13.6. The fourth-order valence-electron chi connectivity index (χ4n) is 2.78. The molecule has 0 aliphatic carbocycles. The van der Waals surface area contributed by atoms with Crippen LogP contribution in [0.3, 0.4) is 0 Å². The molecule has 0 saturated heterocycles. The van der Waals surface area contributed by atoms with Crippen molar-refractivity contribution in [2.24, 2.45) is 0 Å². The molecule has 0 spiro atoms. The van der Waals surface area contributed by atoms with Crippen molar-refractivity contribution in [3.8, 4) is 11.6 Å². The van der Waals surface area contributed by atoms with Gasteiger partial charge < -0.3 is 9.32 Å². The highest BCUT2D eigenvalue weighted by molar-refractivity contribution is 5.94. The lowest BCUT2D eigenvalue weighted by Crippen LogP contribution is -2.35. The predicted molar refractivity (Wildman–Crippen MR) is 84.5 cm³/mol. The van der Waals surface area contributed by atoms with E-state index < -0.39 is 11.6 Å². The molecule has 3 heterocycles. The van der Waals surface area contributed by atoms with Crippen molar-refractivity contribution in [3.63, 3.8) is 0 Å². The third-order valence-electron chi connectivity index (χ3n) is 4.04. The minimum atomic E-state index is -0.451. The molecular formula is C18H13F2N3O2. The van der Waals surface area contributed by atoms with E-state index >= 15 is 0 Å². The number of amides is 1. The van der Waals surface area contributed by atoms with Crippen LogP contribution in [0.1, 0.15) is 21.8 Å². The Morgan fingerprint density at radius 3 is 2.80 bits per heavy atom. The number of fused-ring (bicyclic) bond motifs is 1. The first-order valence-electron chi connectivity index (χ1n) is 7.75. The van der Waals surface area contributed by atoms with Gasteiger partial charge in [0, 0.05) is 18.5 Å². The molecule has 126 valence electrons. The van der Waals surface area contributed by atoms with Gasteiger partial charge in [0.05, 0.1) is 18.4 Å². The van der Waals surface area contributed by atoms with Gasteiger partial charge in [0.25, 0.3) is 5.91 Å². The molecule has 4 rings (SSSR count). The smallest absolute Gasteiger partial charge is 0.254 e. The summed E-state index contributed by atoms with van der Waals surface area (Å²) in [5, 5.41) is 0. The Balaban J connectivity index is 1.57. The van der Waals surface area contributed by atoms with Gasteiger partial charge in [-0.15, -0.1) is 0 Å². The van der Waals surface area contributed by atoms with E-state index in [4.69, 9.17) is 4.42 Å². The predicted octanol–water partition coefficient (Wildman–Crippen LogP) is 3.21. The van der Waals surface area contributed by atoms with Crippen LogP contribution in [0, 0.1) is 11.6 Å². The molecule has 0 bridgehead atoms. The van der Waals surface area contributed by atoms with E-state index in [9.17, 15) is 13.6 Å². The molecule has 0 saturated carbocycles. The van der Waals surface area contributed by atoms with Crippen LogP contribution in [0.2, 0.25) is 0 Å². The number of benzene rings is 1.